The van der Waals surface area contributed by atoms with E-state index in [0.29, 0.717) is 92.5 Å². The highest BCUT2D eigenvalue weighted by Gasteiger charge is 1.93. The molecule has 8 nitrogen and oxygen atoms in total. The number of rotatable bonds is 0. The van der Waals surface area contributed by atoms with E-state index in [9.17, 15) is 0 Å². The van der Waals surface area contributed by atoms with Crippen LogP contribution in [0.15, 0.2) is 24.5 Å². The maximum atomic E-state index is 5.31. The number of hydrogen-bond donors (Lipinski definition) is 0. The SMILES string of the molecule is C1=CCOCCOCCOCCOC1.C1=COCCOCCOCCOCC1. The van der Waals surface area contributed by atoms with Crippen molar-refractivity contribution < 1.29 is 37.9 Å². The highest BCUT2D eigenvalue weighted by Crippen LogP contribution is 1.90. The molecule has 0 aliphatic carbocycles. The molecule has 0 N–H and O–H groups in total. The largest absolute Gasteiger partial charge is 0.499 e. The van der Waals surface area contributed by atoms with E-state index in [1.165, 1.54) is 0 Å². The molecule has 8 heteroatoms. The molecule has 2 aliphatic rings. The highest BCUT2D eigenvalue weighted by atomic mass is 16.6. The van der Waals surface area contributed by atoms with Gasteiger partial charge in [-0.1, -0.05) is 12.2 Å². The van der Waals surface area contributed by atoms with E-state index in [2.05, 4.69) is 0 Å². The second kappa shape index (κ2) is 22.3. The average Bonchev–Trinajstić information content (AvgIpc) is 2.72. The van der Waals surface area contributed by atoms with E-state index in [-0.39, 0.29) is 0 Å². The molecule has 0 aromatic rings. The van der Waals surface area contributed by atoms with Gasteiger partial charge in [-0.15, -0.1) is 0 Å². The molecule has 2 aliphatic heterocycles. The molecule has 0 atom stereocenters. The van der Waals surface area contributed by atoms with Gasteiger partial charge in [-0.05, 0) is 12.5 Å². The monoisotopic (exact) mass is 404 g/mol. The van der Waals surface area contributed by atoms with Crippen LogP contribution in [0, 0.1) is 0 Å². The minimum Gasteiger partial charge on any atom is -0.499 e. The fourth-order valence-corrected chi connectivity index (χ4v) is 2.00. The Morgan fingerprint density at radius 3 is 1.25 bits per heavy atom. The predicted molar refractivity (Wildman–Crippen MR) is 105 cm³/mol. The van der Waals surface area contributed by atoms with Crippen LogP contribution in [0.1, 0.15) is 6.42 Å². The summed E-state index contributed by atoms with van der Waals surface area (Å²) in [4.78, 5) is 0. The van der Waals surface area contributed by atoms with Crippen molar-refractivity contribution in [1.29, 1.82) is 0 Å². The fourth-order valence-electron chi connectivity index (χ4n) is 2.00. The summed E-state index contributed by atoms with van der Waals surface area (Å²) >= 11 is 0. The van der Waals surface area contributed by atoms with Gasteiger partial charge in [0, 0.05) is 0 Å². The summed E-state index contributed by atoms with van der Waals surface area (Å²) in [7, 11) is 0. The molecule has 0 fully saturated rings. The lowest BCUT2D eigenvalue weighted by atomic mass is 10.4. The van der Waals surface area contributed by atoms with E-state index in [4.69, 9.17) is 37.9 Å². The Hall–Kier alpha value is -1.00. The molecule has 0 saturated carbocycles. The van der Waals surface area contributed by atoms with E-state index in [1.807, 2.05) is 18.2 Å². The zero-order valence-corrected chi connectivity index (χ0v) is 16.9. The summed E-state index contributed by atoms with van der Waals surface area (Å²) in [6.45, 7) is 9.49. The van der Waals surface area contributed by atoms with Gasteiger partial charge in [0.25, 0.3) is 0 Å². The standard InChI is InChI=1S/2C10H18O4/c2*1-2-4-12-6-8-14-10-9-13-7-5-11-3-1/h1,3H,2,4-10H2;1-2H,3-10H2. The molecule has 0 aromatic heterocycles. The molecule has 2 heterocycles. The molecule has 0 amide bonds. The van der Waals surface area contributed by atoms with Crippen molar-refractivity contribution >= 4 is 0 Å². The smallest absolute Gasteiger partial charge is 0.111 e. The second-order valence-electron chi connectivity index (χ2n) is 5.71. The van der Waals surface area contributed by atoms with Gasteiger partial charge in [0.1, 0.15) is 6.61 Å². The van der Waals surface area contributed by atoms with Crippen molar-refractivity contribution in [2.45, 2.75) is 6.42 Å². The Labute approximate surface area is 168 Å². The van der Waals surface area contributed by atoms with Gasteiger partial charge >= 0.3 is 0 Å². The predicted octanol–water partition coefficient (Wildman–Crippen LogP) is 1.59. The Balaban J connectivity index is 0.000000280. The molecule has 0 unspecified atom stereocenters. The van der Waals surface area contributed by atoms with Crippen LogP contribution >= 0.6 is 0 Å². The summed E-state index contributed by atoms with van der Waals surface area (Å²) in [5.74, 6) is 0. The van der Waals surface area contributed by atoms with Gasteiger partial charge in [-0.2, -0.15) is 0 Å². The van der Waals surface area contributed by atoms with Crippen LogP contribution in [0.25, 0.3) is 0 Å². The van der Waals surface area contributed by atoms with Crippen LogP contribution in [0.3, 0.4) is 0 Å². The Kier molecular flexibility index (Phi) is 19.9. The summed E-state index contributed by atoms with van der Waals surface area (Å²) in [5, 5.41) is 0. The van der Waals surface area contributed by atoms with Gasteiger partial charge in [0.15, 0.2) is 0 Å². The topological polar surface area (TPSA) is 73.8 Å². The Morgan fingerprint density at radius 1 is 0.357 bits per heavy atom. The molecule has 0 aromatic carbocycles. The molecule has 0 spiro atoms. The molecular formula is C20H36O8. The van der Waals surface area contributed by atoms with E-state index < -0.39 is 0 Å². The minimum absolute atomic E-state index is 0.595. The van der Waals surface area contributed by atoms with Crippen LogP contribution in [0.5, 0.6) is 0 Å². The third-order valence-electron chi connectivity index (χ3n) is 3.42. The summed E-state index contributed by atoms with van der Waals surface area (Å²) in [6.07, 6.45) is 8.43. The molecular weight excluding hydrogens is 368 g/mol. The van der Waals surface area contributed by atoms with Gasteiger partial charge in [0.2, 0.25) is 0 Å². The highest BCUT2D eigenvalue weighted by molar-refractivity contribution is 4.81. The van der Waals surface area contributed by atoms with Crippen molar-refractivity contribution in [2.24, 2.45) is 0 Å². The fraction of sp³-hybridized carbons (Fsp3) is 0.800. The first-order chi connectivity index (χ1) is 14.0. The third kappa shape index (κ3) is 19.8. The third-order valence-corrected chi connectivity index (χ3v) is 3.42. The van der Waals surface area contributed by atoms with Crippen LogP contribution in [-0.2, 0) is 37.9 Å². The van der Waals surface area contributed by atoms with Crippen LogP contribution in [-0.4, -0.2) is 99.1 Å². The summed E-state index contributed by atoms with van der Waals surface area (Å²) < 4.78 is 42.1. The van der Waals surface area contributed by atoms with Gasteiger partial charge < -0.3 is 37.9 Å². The molecule has 164 valence electrons. The van der Waals surface area contributed by atoms with Gasteiger partial charge in [-0.25, -0.2) is 0 Å². The van der Waals surface area contributed by atoms with Crippen molar-refractivity contribution in [3.63, 3.8) is 0 Å². The van der Waals surface area contributed by atoms with Crippen LogP contribution < -0.4 is 0 Å². The Bertz CT molecular complexity index is 296. The van der Waals surface area contributed by atoms with Crippen molar-refractivity contribution in [1.82, 2.24) is 0 Å². The quantitative estimate of drug-likeness (QED) is 0.564. The number of ether oxygens (including phenoxy) is 8. The first-order valence-corrected chi connectivity index (χ1v) is 9.96. The van der Waals surface area contributed by atoms with Crippen molar-refractivity contribution in [2.75, 3.05) is 99.1 Å². The number of hydrogen-bond acceptors (Lipinski definition) is 8. The van der Waals surface area contributed by atoms with Crippen LogP contribution in [0.4, 0.5) is 0 Å². The minimum atomic E-state index is 0.595. The molecule has 0 radical (unpaired) electrons. The maximum Gasteiger partial charge on any atom is 0.111 e. The average molecular weight is 405 g/mol. The summed E-state index contributed by atoms with van der Waals surface area (Å²) in [6, 6.07) is 0. The Morgan fingerprint density at radius 2 is 0.750 bits per heavy atom. The lowest BCUT2D eigenvalue weighted by Gasteiger charge is -2.07. The summed E-state index contributed by atoms with van der Waals surface area (Å²) in [5.41, 5.74) is 0. The van der Waals surface area contributed by atoms with Gasteiger partial charge in [-0.3, -0.25) is 0 Å². The maximum absolute atomic E-state index is 5.31. The van der Waals surface area contributed by atoms with Crippen molar-refractivity contribution in [3.05, 3.63) is 24.5 Å². The van der Waals surface area contributed by atoms with Crippen molar-refractivity contribution in [3.8, 4) is 0 Å². The molecule has 28 heavy (non-hydrogen) atoms. The first-order valence-electron chi connectivity index (χ1n) is 9.96. The normalized spacial score (nSPS) is 22.6. The van der Waals surface area contributed by atoms with E-state index in [1.54, 1.807) is 6.26 Å². The van der Waals surface area contributed by atoms with Gasteiger partial charge in [0.05, 0.1) is 98.8 Å². The molecule has 0 bridgehead atoms. The van der Waals surface area contributed by atoms with Crippen LogP contribution in [0.2, 0.25) is 0 Å². The second-order valence-corrected chi connectivity index (χ2v) is 5.71. The lowest BCUT2D eigenvalue weighted by molar-refractivity contribution is 0.00227. The molecule has 0 saturated heterocycles. The molecule has 2 rings (SSSR count). The van der Waals surface area contributed by atoms with E-state index >= 15 is 0 Å². The first kappa shape index (κ1) is 25.0. The lowest BCUT2D eigenvalue weighted by Crippen LogP contribution is -2.12. The van der Waals surface area contributed by atoms with E-state index in [0.717, 1.165) is 13.0 Å². The zero-order valence-electron chi connectivity index (χ0n) is 16.9. The zero-order chi connectivity index (χ0) is 19.8.